The van der Waals surface area contributed by atoms with Crippen LogP contribution in [-0.4, -0.2) is 36.9 Å². The van der Waals surface area contributed by atoms with Crippen LogP contribution in [0.3, 0.4) is 0 Å². The number of amides is 1. The lowest BCUT2D eigenvalue weighted by atomic mass is 10.0. The van der Waals surface area contributed by atoms with Crippen LogP contribution in [-0.2, 0) is 11.3 Å². The van der Waals surface area contributed by atoms with Crippen molar-refractivity contribution in [2.75, 3.05) is 0 Å². The zero-order valence-corrected chi connectivity index (χ0v) is 16.7. The third kappa shape index (κ3) is 4.71. The van der Waals surface area contributed by atoms with E-state index < -0.39 is 17.7 Å². The molecule has 0 spiro atoms. The Kier molecular flexibility index (Phi) is 5.92. The summed E-state index contributed by atoms with van der Waals surface area (Å²) in [5, 5.41) is 9.66. The lowest BCUT2D eigenvalue weighted by molar-refractivity contribution is -0.129. The van der Waals surface area contributed by atoms with Crippen LogP contribution in [0.1, 0.15) is 30.9 Å². The summed E-state index contributed by atoms with van der Waals surface area (Å²) in [4.78, 5) is 21.1. The summed E-state index contributed by atoms with van der Waals surface area (Å²) < 4.78 is 28.9. The molecule has 0 N–H and O–H groups in total. The molecule has 1 amide bonds. The molecule has 0 saturated carbocycles. The predicted octanol–water partition coefficient (Wildman–Crippen LogP) is 3.91. The molecule has 0 bridgehead atoms. The number of hydrogen-bond acceptors (Lipinski definition) is 5. The second-order valence-corrected chi connectivity index (χ2v) is 7.19. The molecule has 1 aliphatic heterocycles. The van der Waals surface area contributed by atoms with Crippen molar-refractivity contribution in [3.8, 4) is 11.3 Å². The molecule has 0 saturated heterocycles. The van der Waals surface area contributed by atoms with E-state index in [9.17, 15) is 13.6 Å². The van der Waals surface area contributed by atoms with Gasteiger partial charge in [0.25, 0.3) is 5.91 Å². The first kappa shape index (κ1) is 20.5. The number of aryl methyl sites for hydroxylation is 1. The van der Waals surface area contributed by atoms with Crippen molar-refractivity contribution in [3.63, 3.8) is 0 Å². The van der Waals surface area contributed by atoms with Gasteiger partial charge < -0.3 is 0 Å². The minimum Gasteiger partial charge on any atom is -0.272 e. The standard InChI is InChI=1S/C22H20F2N6O/c1-15(3-2-8-29-14-17(12-28-29)20-13-25-6-7-26-20)22(31)30-21(4-5-27-30)16-9-18(23)11-19(24)10-16/h5-7,9-14,21H,1-4,8H2. The molecule has 4 rings (SSSR count). The topological polar surface area (TPSA) is 76.3 Å². The fourth-order valence-electron chi connectivity index (χ4n) is 3.44. The van der Waals surface area contributed by atoms with E-state index >= 15 is 0 Å². The summed E-state index contributed by atoms with van der Waals surface area (Å²) in [5.41, 5.74) is 2.34. The van der Waals surface area contributed by atoms with Crippen LogP contribution >= 0.6 is 0 Å². The van der Waals surface area contributed by atoms with Gasteiger partial charge in [-0.3, -0.25) is 19.4 Å². The molecule has 158 valence electrons. The van der Waals surface area contributed by atoms with Crippen LogP contribution in [0.4, 0.5) is 8.78 Å². The van der Waals surface area contributed by atoms with Gasteiger partial charge in [-0.25, -0.2) is 13.8 Å². The molecule has 7 nitrogen and oxygen atoms in total. The highest BCUT2D eigenvalue weighted by Crippen LogP contribution is 2.30. The largest absolute Gasteiger partial charge is 0.272 e. The molecule has 1 aliphatic rings. The quantitative estimate of drug-likeness (QED) is 0.541. The maximum absolute atomic E-state index is 13.6. The molecule has 0 radical (unpaired) electrons. The van der Waals surface area contributed by atoms with Gasteiger partial charge in [0.1, 0.15) is 11.6 Å². The van der Waals surface area contributed by atoms with Gasteiger partial charge in [-0.2, -0.15) is 10.2 Å². The Hall–Kier alpha value is -3.75. The van der Waals surface area contributed by atoms with E-state index in [2.05, 4.69) is 26.7 Å². The Morgan fingerprint density at radius 3 is 2.71 bits per heavy atom. The lowest BCUT2D eigenvalue weighted by Crippen LogP contribution is -2.28. The zero-order chi connectivity index (χ0) is 21.8. The van der Waals surface area contributed by atoms with Gasteiger partial charge >= 0.3 is 0 Å². The Balaban J connectivity index is 1.34. The number of benzene rings is 1. The number of hydrazone groups is 1. The summed E-state index contributed by atoms with van der Waals surface area (Å²) in [6, 6.07) is 2.70. The highest BCUT2D eigenvalue weighted by atomic mass is 19.1. The van der Waals surface area contributed by atoms with Crippen LogP contribution in [0.2, 0.25) is 0 Å². The molecule has 1 atom stereocenters. The average molecular weight is 422 g/mol. The first-order valence-electron chi connectivity index (χ1n) is 9.80. The maximum atomic E-state index is 13.6. The van der Waals surface area contributed by atoms with Gasteiger partial charge in [0.2, 0.25) is 0 Å². The summed E-state index contributed by atoms with van der Waals surface area (Å²) >= 11 is 0. The van der Waals surface area contributed by atoms with Crippen molar-refractivity contribution >= 4 is 12.1 Å². The van der Waals surface area contributed by atoms with Gasteiger partial charge in [0.05, 0.1) is 24.1 Å². The first-order valence-corrected chi connectivity index (χ1v) is 9.80. The SMILES string of the molecule is C=C(CCCn1cc(-c2cnccn2)cn1)C(=O)N1N=CCC1c1cc(F)cc(F)c1. The molecule has 3 heterocycles. The highest BCUT2D eigenvalue weighted by Gasteiger charge is 2.30. The number of hydrogen-bond donors (Lipinski definition) is 0. The number of carbonyl (C=O) groups excluding carboxylic acids is 1. The van der Waals surface area contributed by atoms with E-state index in [0.717, 1.165) is 17.3 Å². The molecule has 2 aromatic heterocycles. The smallest absolute Gasteiger partial charge is 0.269 e. The van der Waals surface area contributed by atoms with Crippen LogP contribution in [0.15, 0.2) is 66.4 Å². The average Bonchev–Trinajstić information content (AvgIpc) is 3.43. The van der Waals surface area contributed by atoms with Crippen LogP contribution in [0.25, 0.3) is 11.3 Å². The van der Waals surface area contributed by atoms with Crippen molar-refractivity contribution in [1.29, 1.82) is 0 Å². The Morgan fingerprint density at radius 2 is 1.97 bits per heavy atom. The number of carbonyl (C=O) groups is 1. The summed E-state index contributed by atoms with van der Waals surface area (Å²) in [6.07, 6.45) is 11.5. The van der Waals surface area contributed by atoms with E-state index in [1.807, 2.05) is 6.20 Å². The monoisotopic (exact) mass is 422 g/mol. The second-order valence-electron chi connectivity index (χ2n) is 7.19. The predicted molar refractivity (Wildman–Crippen MR) is 111 cm³/mol. The maximum Gasteiger partial charge on any atom is 0.269 e. The van der Waals surface area contributed by atoms with Crippen molar-refractivity contribution in [1.82, 2.24) is 24.8 Å². The van der Waals surface area contributed by atoms with Crippen molar-refractivity contribution in [2.24, 2.45) is 5.10 Å². The van der Waals surface area contributed by atoms with Crippen LogP contribution < -0.4 is 0 Å². The molecule has 1 unspecified atom stereocenters. The zero-order valence-electron chi connectivity index (χ0n) is 16.7. The molecule has 0 aliphatic carbocycles. The van der Waals surface area contributed by atoms with E-state index in [1.54, 1.807) is 35.7 Å². The minimum absolute atomic E-state index is 0.357. The Bertz CT molecular complexity index is 1110. The fraction of sp³-hybridized carbons (Fsp3) is 0.227. The van der Waals surface area contributed by atoms with E-state index in [1.165, 1.54) is 17.1 Å². The molecule has 9 heteroatoms. The summed E-state index contributed by atoms with van der Waals surface area (Å²) in [7, 11) is 0. The van der Waals surface area contributed by atoms with Gasteiger partial charge in [-0.1, -0.05) is 6.58 Å². The fourth-order valence-corrected chi connectivity index (χ4v) is 3.44. The normalized spacial score (nSPS) is 15.4. The molecule has 3 aromatic rings. The third-order valence-corrected chi connectivity index (χ3v) is 4.97. The Labute approximate surface area is 177 Å². The Morgan fingerprint density at radius 1 is 1.16 bits per heavy atom. The van der Waals surface area contributed by atoms with E-state index in [-0.39, 0.29) is 5.91 Å². The number of halogens is 2. The number of nitrogens with zero attached hydrogens (tertiary/aromatic N) is 6. The van der Waals surface area contributed by atoms with E-state index in [0.29, 0.717) is 36.9 Å². The highest BCUT2D eigenvalue weighted by molar-refractivity contribution is 5.94. The summed E-state index contributed by atoms with van der Waals surface area (Å²) in [6.45, 7) is 4.48. The third-order valence-electron chi connectivity index (χ3n) is 4.97. The van der Waals surface area contributed by atoms with Gasteiger partial charge in [-0.05, 0) is 30.5 Å². The molecule has 1 aromatic carbocycles. The van der Waals surface area contributed by atoms with Crippen molar-refractivity contribution in [3.05, 3.63) is 78.5 Å². The first-order chi connectivity index (χ1) is 15.0. The van der Waals surface area contributed by atoms with Crippen LogP contribution in [0.5, 0.6) is 0 Å². The van der Waals surface area contributed by atoms with Crippen LogP contribution in [0, 0.1) is 11.6 Å². The molecule has 31 heavy (non-hydrogen) atoms. The lowest BCUT2D eigenvalue weighted by Gasteiger charge is -2.23. The van der Waals surface area contributed by atoms with Gasteiger partial charge in [-0.15, -0.1) is 0 Å². The van der Waals surface area contributed by atoms with Crippen molar-refractivity contribution in [2.45, 2.75) is 31.8 Å². The molecular weight excluding hydrogens is 402 g/mol. The number of aromatic nitrogens is 4. The summed E-state index contributed by atoms with van der Waals surface area (Å²) in [5.74, 6) is -1.73. The second kappa shape index (κ2) is 8.95. The molecular formula is C22H20F2N6O. The molecule has 0 fully saturated rings. The van der Waals surface area contributed by atoms with Crippen molar-refractivity contribution < 1.29 is 13.6 Å². The van der Waals surface area contributed by atoms with E-state index in [4.69, 9.17) is 0 Å². The van der Waals surface area contributed by atoms with Gasteiger partial charge in [0, 0.05) is 55.0 Å². The minimum atomic E-state index is -0.687. The van der Waals surface area contributed by atoms with Gasteiger partial charge in [0.15, 0.2) is 0 Å². The number of rotatable bonds is 7.